The summed E-state index contributed by atoms with van der Waals surface area (Å²) in [6.07, 6.45) is 6.28. The van der Waals surface area contributed by atoms with E-state index in [4.69, 9.17) is 0 Å². The monoisotopic (exact) mass is 382 g/mol. The summed E-state index contributed by atoms with van der Waals surface area (Å²) in [4.78, 5) is 0. The molecule has 4 aliphatic rings. The minimum atomic E-state index is -0.640. The van der Waals surface area contributed by atoms with Gasteiger partial charge in [-0.05, 0) is 78.5 Å². The van der Waals surface area contributed by atoms with Crippen LogP contribution in [0.15, 0.2) is 53.0 Å². The zero-order chi connectivity index (χ0) is 16.3. The van der Waals surface area contributed by atoms with E-state index in [1.165, 1.54) is 43.2 Å². The van der Waals surface area contributed by atoms with Gasteiger partial charge in [-0.3, -0.25) is 0 Å². The van der Waals surface area contributed by atoms with Crippen LogP contribution in [0.1, 0.15) is 37.7 Å². The molecule has 4 fully saturated rings. The third kappa shape index (κ3) is 2.09. The summed E-state index contributed by atoms with van der Waals surface area (Å²) >= 11 is 3.71. The lowest BCUT2D eigenvalue weighted by atomic mass is 9.48. The van der Waals surface area contributed by atoms with Gasteiger partial charge in [0.25, 0.3) is 0 Å². The molecule has 124 valence electrons. The van der Waals surface area contributed by atoms with Crippen molar-refractivity contribution in [2.75, 3.05) is 0 Å². The molecule has 1 N–H and O–H groups in total. The van der Waals surface area contributed by atoms with Crippen LogP contribution in [0.3, 0.4) is 0 Å². The Morgan fingerprint density at radius 2 is 1.29 bits per heavy atom. The maximum Gasteiger partial charge on any atom is 0.0958 e. The molecule has 0 spiro atoms. The molecular formula is C22H23BrO. The molecule has 4 bridgehead atoms. The average Bonchev–Trinajstić information content (AvgIpc) is 2.59. The Hall–Kier alpha value is -1.12. The molecule has 0 amide bonds. The summed E-state index contributed by atoms with van der Waals surface area (Å²) in [7, 11) is 0. The molecule has 2 aromatic carbocycles. The van der Waals surface area contributed by atoms with Crippen LogP contribution in [0.25, 0.3) is 11.1 Å². The lowest BCUT2D eigenvalue weighted by Gasteiger charge is -2.59. The second kappa shape index (κ2) is 5.44. The van der Waals surface area contributed by atoms with E-state index < -0.39 is 5.60 Å². The fraction of sp³-hybridized carbons (Fsp3) is 0.455. The quantitative estimate of drug-likeness (QED) is 0.699. The first-order valence-corrected chi connectivity index (χ1v) is 10.0. The van der Waals surface area contributed by atoms with Gasteiger partial charge in [-0.1, -0.05) is 58.4 Å². The molecule has 6 rings (SSSR count). The second-order valence-corrected chi connectivity index (χ2v) is 9.01. The van der Waals surface area contributed by atoms with Gasteiger partial charge in [-0.2, -0.15) is 0 Å². The Morgan fingerprint density at radius 1 is 0.750 bits per heavy atom. The zero-order valence-electron chi connectivity index (χ0n) is 13.8. The Balaban J connectivity index is 1.67. The van der Waals surface area contributed by atoms with Crippen LogP contribution in [-0.4, -0.2) is 5.11 Å². The summed E-state index contributed by atoms with van der Waals surface area (Å²) in [5, 5.41) is 12.0. The first-order valence-electron chi connectivity index (χ1n) is 9.23. The van der Waals surface area contributed by atoms with Crippen molar-refractivity contribution in [3.63, 3.8) is 0 Å². The summed E-state index contributed by atoms with van der Waals surface area (Å²) in [5.74, 6) is 2.61. The summed E-state index contributed by atoms with van der Waals surface area (Å²) in [5.41, 5.74) is 2.90. The Kier molecular flexibility index (Phi) is 3.44. The van der Waals surface area contributed by atoms with Gasteiger partial charge in [0.05, 0.1) is 5.60 Å². The minimum absolute atomic E-state index is 0.442. The van der Waals surface area contributed by atoms with E-state index in [9.17, 15) is 5.11 Å². The SMILES string of the molecule is OC1(c2ccccc2-c2ccccc2Br)C2CC3CC(C2)CC1C3. The molecule has 2 aromatic rings. The minimum Gasteiger partial charge on any atom is -0.385 e. The molecule has 2 heteroatoms. The van der Waals surface area contributed by atoms with Crippen molar-refractivity contribution in [2.45, 2.75) is 37.7 Å². The molecule has 0 radical (unpaired) electrons. The lowest BCUT2D eigenvalue weighted by molar-refractivity contribution is -0.179. The predicted molar refractivity (Wildman–Crippen MR) is 101 cm³/mol. The third-order valence-electron chi connectivity index (χ3n) is 6.91. The molecule has 0 unspecified atom stereocenters. The van der Waals surface area contributed by atoms with Crippen LogP contribution in [0, 0.1) is 23.7 Å². The molecule has 0 heterocycles. The van der Waals surface area contributed by atoms with E-state index in [0.29, 0.717) is 11.8 Å². The van der Waals surface area contributed by atoms with E-state index in [0.717, 1.165) is 21.9 Å². The fourth-order valence-electron chi connectivity index (χ4n) is 6.09. The highest BCUT2D eigenvalue weighted by Crippen LogP contribution is 2.62. The molecule has 0 aromatic heterocycles. The number of benzene rings is 2. The Bertz CT molecular complexity index is 753. The van der Waals surface area contributed by atoms with Gasteiger partial charge in [-0.15, -0.1) is 0 Å². The molecule has 4 saturated carbocycles. The van der Waals surface area contributed by atoms with Crippen LogP contribution >= 0.6 is 15.9 Å². The molecular weight excluding hydrogens is 360 g/mol. The highest BCUT2D eigenvalue weighted by Gasteiger charge is 2.57. The van der Waals surface area contributed by atoms with Crippen LogP contribution in [-0.2, 0) is 5.60 Å². The van der Waals surface area contributed by atoms with E-state index in [2.05, 4.69) is 58.4 Å². The van der Waals surface area contributed by atoms with Crippen molar-refractivity contribution in [3.05, 3.63) is 58.6 Å². The predicted octanol–water partition coefficient (Wildman–Crippen LogP) is 5.76. The zero-order valence-corrected chi connectivity index (χ0v) is 15.4. The van der Waals surface area contributed by atoms with Crippen molar-refractivity contribution in [2.24, 2.45) is 23.7 Å². The van der Waals surface area contributed by atoms with Crippen molar-refractivity contribution in [1.82, 2.24) is 0 Å². The number of aliphatic hydroxyl groups is 1. The maximum atomic E-state index is 12.0. The van der Waals surface area contributed by atoms with Gasteiger partial charge in [0.2, 0.25) is 0 Å². The van der Waals surface area contributed by atoms with Crippen LogP contribution in [0.4, 0.5) is 0 Å². The van der Waals surface area contributed by atoms with Crippen molar-refractivity contribution in [1.29, 1.82) is 0 Å². The molecule has 0 saturated heterocycles. The van der Waals surface area contributed by atoms with E-state index >= 15 is 0 Å². The summed E-state index contributed by atoms with van der Waals surface area (Å²) < 4.78 is 1.10. The largest absolute Gasteiger partial charge is 0.385 e. The Labute approximate surface area is 152 Å². The van der Waals surface area contributed by atoms with E-state index in [1.54, 1.807) is 0 Å². The van der Waals surface area contributed by atoms with Crippen molar-refractivity contribution < 1.29 is 5.11 Å². The Morgan fingerprint density at radius 3 is 1.92 bits per heavy atom. The molecule has 4 aliphatic carbocycles. The van der Waals surface area contributed by atoms with E-state index in [-0.39, 0.29) is 0 Å². The smallest absolute Gasteiger partial charge is 0.0958 e. The molecule has 24 heavy (non-hydrogen) atoms. The summed E-state index contributed by atoms with van der Waals surface area (Å²) in [6.45, 7) is 0. The fourth-order valence-corrected chi connectivity index (χ4v) is 6.59. The topological polar surface area (TPSA) is 20.2 Å². The lowest BCUT2D eigenvalue weighted by Crippen LogP contribution is -2.55. The van der Waals surface area contributed by atoms with Crippen molar-refractivity contribution in [3.8, 4) is 11.1 Å². The van der Waals surface area contributed by atoms with Crippen LogP contribution in [0.5, 0.6) is 0 Å². The first-order chi connectivity index (χ1) is 11.7. The number of hydrogen-bond acceptors (Lipinski definition) is 1. The highest BCUT2D eigenvalue weighted by molar-refractivity contribution is 9.10. The van der Waals surface area contributed by atoms with Gasteiger partial charge >= 0.3 is 0 Å². The normalized spacial score (nSPS) is 36.9. The average molecular weight is 383 g/mol. The van der Waals surface area contributed by atoms with Gasteiger partial charge < -0.3 is 5.11 Å². The van der Waals surface area contributed by atoms with Gasteiger partial charge in [0, 0.05) is 4.47 Å². The maximum absolute atomic E-state index is 12.0. The number of rotatable bonds is 2. The van der Waals surface area contributed by atoms with Gasteiger partial charge in [0.15, 0.2) is 0 Å². The van der Waals surface area contributed by atoms with Gasteiger partial charge in [0.1, 0.15) is 0 Å². The van der Waals surface area contributed by atoms with E-state index in [1.807, 2.05) is 6.07 Å². The standard InChI is InChI=1S/C22H23BrO/c23-21-8-4-2-6-19(21)18-5-1-3-7-20(18)22(24)16-10-14-9-15(12-16)13-17(22)11-14/h1-8,14-17,24H,9-13H2. The van der Waals surface area contributed by atoms with Crippen LogP contribution in [0.2, 0.25) is 0 Å². The third-order valence-corrected chi connectivity index (χ3v) is 7.60. The van der Waals surface area contributed by atoms with Gasteiger partial charge in [-0.25, -0.2) is 0 Å². The molecule has 0 atom stereocenters. The molecule has 1 nitrogen and oxygen atoms in total. The summed E-state index contributed by atoms with van der Waals surface area (Å²) in [6, 6.07) is 16.9. The highest BCUT2D eigenvalue weighted by atomic mass is 79.9. The van der Waals surface area contributed by atoms with Crippen molar-refractivity contribution >= 4 is 15.9 Å². The molecule has 0 aliphatic heterocycles. The van der Waals surface area contributed by atoms with Crippen LogP contribution < -0.4 is 0 Å². The number of halogens is 1. The first kappa shape index (κ1) is 15.2. The second-order valence-electron chi connectivity index (χ2n) is 8.16. The number of hydrogen-bond donors (Lipinski definition) is 1.